The van der Waals surface area contributed by atoms with Gasteiger partial charge in [-0.15, -0.1) is 0 Å². The summed E-state index contributed by atoms with van der Waals surface area (Å²) in [5, 5.41) is 20.3. The maximum Gasteiger partial charge on any atom is 0.251 e. The van der Waals surface area contributed by atoms with Crippen LogP contribution in [0.25, 0.3) is 10.9 Å². The number of halogens is 3. The van der Waals surface area contributed by atoms with Crippen molar-refractivity contribution in [2.75, 3.05) is 9.80 Å². The normalized spacial score (nSPS) is 18.8. The number of nitrogens with zero attached hydrogens (tertiary/aromatic N) is 5. The lowest BCUT2D eigenvalue weighted by molar-refractivity contribution is -0.128. The van der Waals surface area contributed by atoms with Gasteiger partial charge in [-0.25, -0.2) is 13.8 Å². The number of rotatable bonds is 7. The maximum atomic E-state index is 14.8. The summed E-state index contributed by atoms with van der Waals surface area (Å²) < 4.78 is 27.9. The number of anilines is 2. The van der Waals surface area contributed by atoms with Gasteiger partial charge in [0.25, 0.3) is 5.91 Å². The van der Waals surface area contributed by atoms with Crippen LogP contribution < -0.4 is 15.1 Å². The molecule has 2 atom stereocenters. The zero-order valence-corrected chi connectivity index (χ0v) is 24.7. The van der Waals surface area contributed by atoms with E-state index >= 15 is 0 Å². The molecule has 4 aromatic rings. The molecular formula is C32H28ClF2N7O3. The van der Waals surface area contributed by atoms with Crippen LogP contribution in [0.3, 0.4) is 0 Å². The van der Waals surface area contributed by atoms with Crippen LogP contribution in [0.4, 0.5) is 20.3 Å². The molecule has 10 nitrogen and oxygen atoms in total. The molecule has 13 heteroatoms. The predicted octanol–water partition coefficient (Wildman–Crippen LogP) is 5.45. The number of aromatic amines is 1. The smallest absolute Gasteiger partial charge is 0.251 e. The zero-order valence-electron chi connectivity index (χ0n) is 23.9. The van der Waals surface area contributed by atoms with Crippen molar-refractivity contribution in [2.45, 2.75) is 62.6 Å². The van der Waals surface area contributed by atoms with Crippen molar-refractivity contribution in [1.29, 1.82) is 5.26 Å². The Morgan fingerprint density at radius 1 is 1.13 bits per heavy atom. The fourth-order valence-corrected chi connectivity index (χ4v) is 6.26. The molecule has 1 aliphatic heterocycles. The largest absolute Gasteiger partial charge is 0.351 e. The molecule has 45 heavy (non-hydrogen) atoms. The van der Waals surface area contributed by atoms with Gasteiger partial charge in [0.2, 0.25) is 17.7 Å². The summed E-state index contributed by atoms with van der Waals surface area (Å²) in [5.74, 6) is -4.20. The minimum absolute atomic E-state index is 0.0432. The number of pyridine rings is 1. The van der Waals surface area contributed by atoms with Crippen LogP contribution in [0.1, 0.15) is 55.7 Å². The third kappa shape index (κ3) is 6.08. The number of H-pyrrole nitrogens is 1. The quantitative estimate of drug-likeness (QED) is 0.279. The highest BCUT2D eigenvalue weighted by atomic mass is 35.5. The van der Waals surface area contributed by atoms with Crippen LogP contribution in [0, 0.1) is 11.3 Å². The van der Waals surface area contributed by atoms with E-state index in [9.17, 15) is 28.4 Å². The fraction of sp³-hybridized carbons (Fsp3) is 0.312. The van der Waals surface area contributed by atoms with Crippen LogP contribution in [-0.4, -0.2) is 50.9 Å². The number of amides is 3. The molecule has 3 heterocycles. The van der Waals surface area contributed by atoms with Gasteiger partial charge in [-0.2, -0.15) is 10.4 Å². The Kier molecular flexibility index (Phi) is 8.20. The Bertz CT molecular complexity index is 1810. The second-order valence-electron chi connectivity index (χ2n) is 11.2. The van der Waals surface area contributed by atoms with E-state index in [1.54, 1.807) is 48.7 Å². The van der Waals surface area contributed by atoms with Crippen molar-refractivity contribution in [3.8, 4) is 6.07 Å². The number of nitrogens with one attached hydrogen (secondary N) is 2. The van der Waals surface area contributed by atoms with Crippen molar-refractivity contribution in [1.82, 2.24) is 20.5 Å². The first-order chi connectivity index (χ1) is 21.6. The summed E-state index contributed by atoms with van der Waals surface area (Å²) >= 11 is 6.66. The molecular weight excluding hydrogens is 604 g/mol. The molecule has 6 rings (SSSR count). The number of benzene rings is 2. The lowest BCUT2D eigenvalue weighted by atomic mass is 9.91. The number of nitriles is 1. The van der Waals surface area contributed by atoms with Gasteiger partial charge in [-0.1, -0.05) is 29.8 Å². The molecule has 0 unspecified atom stereocenters. The zero-order chi connectivity index (χ0) is 31.7. The average molecular weight is 632 g/mol. The Labute approximate surface area is 262 Å². The molecule has 230 valence electrons. The van der Waals surface area contributed by atoms with Gasteiger partial charge >= 0.3 is 0 Å². The average Bonchev–Trinajstić information content (AvgIpc) is 3.67. The van der Waals surface area contributed by atoms with E-state index in [-0.39, 0.29) is 60.8 Å². The van der Waals surface area contributed by atoms with Crippen LogP contribution >= 0.6 is 11.6 Å². The van der Waals surface area contributed by atoms with Gasteiger partial charge < -0.3 is 5.32 Å². The molecule has 0 radical (unpaired) electrons. The molecule has 1 saturated heterocycles. The predicted molar refractivity (Wildman–Crippen MR) is 163 cm³/mol. The van der Waals surface area contributed by atoms with E-state index in [2.05, 4.69) is 20.5 Å². The summed E-state index contributed by atoms with van der Waals surface area (Å²) in [4.78, 5) is 49.1. The SMILES string of the molecule is N#Cc1ccnc(N2C(=O)CC[C@H]2C(=O)N(c2ccc3cn[nH]c3c2)[C@H](C(=O)NC2CCC(F)(F)CC2)c2ccccc2Cl)c1. The summed E-state index contributed by atoms with van der Waals surface area (Å²) in [6, 6.07) is 13.7. The van der Waals surface area contributed by atoms with Gasteiger partial charge in [0, 0.05) is 53.2 Å². The van der Waals surface area contributed by atoms with Crippen LogP contribution in [0.5, 0.6) is 0 Å². The molecule has 2 N–H and O–H groups in total. The molecule has 1 saturated carbocycles. The number of carbonyl (C=O) groups excluding carboxylic acids is 3. The minimum Gasteiger partial charge on any atom is -0.351 e. The Balaban J connectivity index is 1.46. The lowest BCUT2D eigenvalue weighted by Crippen LogP contribution is -2.53. The van der Waals surface area contributed by atoms with Crippen molar-refractivity contribution < 1.29 is 23.2 Å². The Morgan fingerprint density at radius 2 is 1.91 bits per heavy atom. The van der Waals surface area contributed by atoms with Gasteiger partial charge in [0.05, 0.1) is 23.3 Å². The summed E-state index contributed by atoms with van der Waals surface area (Å²) in [7, 11) is 0. The van der Waals surface area contributed by atoms with Crippen molar-refractivity contribution in [3.63, 3.8) is 0 Å². The van der Waals surface area contributed by atoms with Gasteiger partial charge in [0.1, 0.15) is 17.9 Å². The Morgan fingerprint density at radius 3 is 2.67 bits per heavy atom. The van der Waals surface area contributed by atoms with Crippen LogP contribution in [-0.2, 0) is 14.4 Å². The number of fused-ring (bicyclic) bond motifs is 1. The summed E-state index contributed by atoms with van der Waals surface area (Å²) in [5.41, 5.74) is 1.50. The van der Waals surface area contributed by atoms with Gasteiger partial charge in [-0.3, -0.25) is 29.3 Å². The standard InChI is InChI=1S/C32H28ClF2N7O3/c33-24-4-2-1-3-23(24)29(30(44)39-21-9-12-32(34,35)13-10-21)41(22-6-5-20-18-38-40-25(20)16-22)31(45)26-7-8-28(43)42(26)27-15-19(17-36)11-14-37-27/h1-6,11,14-16,18,21,26,29H,7-10,12-13H2,(H,38,40)(H,39,44)/t26-,29-/m0/s1. The first-order valence-corrected chi connectivity index (χ1v) is 14.9. The van der Waals surface area contributed by atoms with E-state index in [4.69, 9.17) is 11.6 Å². The van der Waals surface area contributed by atoms with E-state index < -0.39 is 35.9 Å². The third-order valence-electron chi connectivity index (χ3n) is 8.33. The summed E-state index contributed by atoms with van der Waals surface area (Å²) in [6.07, 6.45) is 2.62. The topological polar surface area (TPSA) is 135 Å². The van der Waals surface area contributed by atoms with E-state index in [1.807, 2.05) is 6.07 Å². The highest BCUT2D eigenvalue weighted by Gasteiger charge is 2.45. The minimum atomic E-state index is -2.79. The number of hydrogen-bond donors (Lipinski definition) is 2. The third-order valence-corrected chi connectivity index (χ3v) is 8.67. The van der Waals surface area contributed by atoms with Crippen molar-refractivity contribution >= 4 is 51.7 Å². The number of alkyl halides is 2. The summed E-state index contributed by atoms with van der Waals surface area (Å²) in [6.45, 7) is 0. The molecule has 2 aromatic carbocycles. The van der Waals surface area contributed by atoms with Crippen molar-refractivity contribution in [2.24, 2.45) is 0 Å². The fourth-order valence-electron chi connectivity index (χ4n) is 6.02. The monoisotopic (exact) mass is 631 g/mol. The Hall–Kier alpha value is -4.89. The highest BCUT2D eigenvalue weighted by molar-refractivity contribution is 6.31. The molecule has 0 bridgehead atoms. The second kappa shape index (κ2) is 12.2. The number of aromatic nitrogens is 3. The molecule has 1 aliphatic carbocycles. The second-order valence-corrected chi connectivity index (χ2v) is 11.7. The van der Waals surface area contributed by atoms with Crippen molar-refractivity contribution in [3.05, 3.63) is 83.1 Å². The van der Waals surface area contributed by atoms with Crippen LogP contribution in [0.15, 0.2) is 67.0 Å². The number of hydrogen-bond acceptors (Lipinski definition) is 6. The first kappa shape index (κ1) is 30.1. The molecule has 2 aromatic heterocycles. The highest BCUT2D eigenvalue weighted by Crippen LogP contribution is 2.38. The lowest BCUT2D eigenvalue weighted by Gasteiger charge is -2.37. The van der Waals surface area contributed by atoms with Gasteiger partial charge in [-0.05, 0) is 55.7 Å². The van der Waals surface area contributed by atoms with Crippen LogP contribution in [0.2, 0.25) is 5.02 Å². The van der Waals surface area contributed by atoms with E-state index in [0.29, 0.717) is 16.8 Å². The molecule has 3 amide bonds. The number of carbonyl (C=O) groups is 3. The van der Waals surface area contributed by atoms with E-state index in [1.165, 1.54) is 28.1 Å². The maximum absolute atomic E-state index is 14.8. The van der Waals surface area contributed by atoms with Gasteiger partial charge in [0.15, 0.2) is 0 Å². The molecule has 0 spiro atoms. The molecule has 2 fully saturated rings. The molecule has 2 aliphatic rings. The first-order valence-electron chi connectivity index (χ1n) is 14.5. The van der Waals surface area contributed by atoms with E-state index in [0.717, 1.165) is 5.39 Å².